The number of Topliss-reactive ketones (excluding diaryl/α,β-unsaturated/α-hetero) is 1. The quantitative estimate of drug-likeness (QED) is 0.0412. The summed E-state index contributed by atoms with van der Waals surface area (Å²) in [6, 6.07) is 16.6. The lowest BCUT2D eigenvalue weighted by Crippen LogP contribution is -2.29. The van der Waals surface area contributed by atoms with Crippen LogP contribution in [0, 0.1) is 5.82 Å². The number of ketones is 1. The Kier molecular flexibility index (Phi) is 10.2. The summed E-state index contributed by atoms with van der Waals surface area (Å²) in [4.78, 5) is 28.4. The number of hydrogen-bond donors (Lipinski definition) is 1. The normalized spacial score (nSPS) is 16.0. The van der Waals surface area contributed by atoms with E-state index in [1.54, 1.807) is 24.3 Å². The molecule has 1 aliphatic rings. The Labute approximate surface area is 267 Å². The molecule has 44 heavy (non-hydrogen) atoms. The standard InChI is InChI=1S/C32H29ClFN3O5S2/c1-3-5-16-42-24-15-12-20(17-25(24)41-4-2)27-26(28(38)19-10-13-22(34)14-11-19)29(39)30(40)37(27)31-35-36-32(44-31)43-18-21-8-6-7-9-23(21)33/h6-15,17,27,38H,3-5,16,18H2,1-2H3/b28-26+. The number of carbonyl (C=O) groups is 2. The minimum atomic E-state index is -1.07. The number of ether oxygens (including phenoxy) is 2. The smallest absolute Gasteiger partial charge is 0.301 e. The highest BCUT2D eigenvalue weighted by atomic mass is 35.5. The Morgan fingerprint density at radius 1 is 1.05 bits per heavy atom. The number of aliphatic hydroxyl groups excluding tert-OH is 1. The van der Waals surface area contributed by atoms with Crippen molar-refractivity contribution in [2.45, 2.75) is 42.8 Å². The number of nitrogens with zero attached hydrogens (tertiary/aromatic N) is 3. The van der Waals surface area contributed by atoms with Crippen molar-refractivity contribution in [2.24, 2.45) is 0 Å². The molecule has 3 aromatic carbocycles. The van der Waals surface area contributed by atoms with Crippen LogP contribution < -0.4 is 14.4 Å². The third kappa shape index (κ3) is 6.74. The maximum Gasteiger partial charge on any atom is 0.301 e. The highest BCUT2D eigenvalue weighted by Gasteiger charge is 2.48. The number of amides is 1. The first-order chi connectivity index (χ1) is 21.3. The van der Waals surface area contributed by atoms with Crippen LogP contribution in [0.3, 0.4) is 0 Å². The fourth-order valence-electron chi connectivity index (χ4n) is 4.63. The fraction of sp³-hybridized carbons (Fsp3) is 0.250. The third-order valence-electron chi connectivity index (χ3n) is 6.81. The molecule has 5 rings (SSSR count). The lowest BCUT2D eigenvalue weighted by molar-refractivity contribution is -0.132. The monoisotopic (exact) mass is 653 g/mol. The molecule has 1 unspecified atom stereocenters. The molecule has 1 aliphatic heterocycles. The molecule has 1 aromatic heterocycles. The number of hydrogen-bond acceptors (Lipinski definition) is 9. The van der Waals surface area contributed by atoms with Crippen LogP contribution in [0.25, 0.3) is 5.76 Å². The van der Waals surface area contributed by atoms with E-state index in [1.165, 1.54) is 40.9 Å². The Morgan fingerprint density at radius 2 is 1.82 bits per heavy atom. The average molecular weight is 654 g/mol. The van der Waals surface area contributed by atoms with Crippen LogP contribution in [-0.4, -0.2) is 40.2 Å². The summed E-state index contributed by atoms with van der Waals surface area (Å²) >= 11 is 8.84. The van der Waals surface area contributed by atoms with Gasteiger partial charge in [0.05, 0.1) is 24.8 Å². The fourth-order valence-corrected chi connectivity index (χ4v) is 6.78. The molecule has 2 heterocycles. The first-order valence-electron chi connectivity index (χ1n) is 14.0. The molecule has 1 saturated heterocycles. The number of aromatic nitrogens is 2. The lowest BCUT2D eigenvalue weighted by atomic mass is 9.95. The molecule has 1 amide bonds. The van der Waals surface area contributed by atoms with Crippen LogP contribution >= 0.6 is 34.7 Å². The molecule has 0 aliphatic carbocycles. The number of carbonyl (C=O) groups excluding carboxylic acids is 2. The topological polar surface area (TPSA) is 102 Å². The van der Waals surface area contributed by atoms with Crippen molar-refractivity contribution in [3.8, 4) is 11.5 Å². The predicted octanol–water partition coefficient (Wildman–Crippen LogP) is 7.83. The zero-order valence-corrected chi connectivity index (χ0v) is 26.3. The molecular formula is C32H29ClFN3O5S2. The number of unbranched alkanes of at least 4 members (excludes halogenated alkanes) is 1. The van der Waals surface area contributed by atoms with Gasteiger partial charge in [-0.25, -0.2) is 4.39 Å². The van der Waals surface area contributed by atoms with Gasteiger partial charge < -0.3 is 14.6 Å². The Balaban J connectivity index is 1.57. The van der Waals surface area contributed by atoms with E-state index < -0.39 is 29.3 Å². The van der Waals surface area contributed by atoms with Crippen molar-refractivity contribution < 1.29 is 28.6 Å². The highest BCUT2D eigenvalue weighted by molar-refractivity contribution is 8.00. The van der Waals surface area contributed by atoms with Gasteiger partial charge in [-0.1, -0.05) is 72.3 Å². The summed E-state index contributed by atoms with van der Waals surface area (Å²) in [5.74, 6) is -1.24. The molecule has 8 nitrogen and oxygen atoms in total. The van der Waals surface area contributed by atoms with Gasteiger partial charge in [0.1, 0.15) is 11.6 Å². The van der Waals surface area contributed by atoms with Gasteiger partial charge in [0, 0.05) is 16.3 Å². The Hall–Kier alpha value is -3.93. The van der Waals surface area contributed by atoms with E-state index in [2.05, 4.69) is 17.1 Å². The number of halogens is 2. The largest absolute Gasteiger partial charge is 0.507 e. The van der Waals surface area contributed by atoms with E-state index in [1.807, 2.05) is 25.1 Å². The minimum Gasteiger partial charge on any atom is -0.507 e. The van der Waals surface area contributed by atoms with E-state index >= 15 is 0 Å². The maximum absolute atomic E-state index is 13.7. The molecule has 4 aromatic rings. The van der Waals surface area contributed by atoms with Crippen LogP contribution in [-0.2, 0) is 15.3 Å². The second-order valence-corrected chi connectivity index (χ2v) is 12.3. The number of thioether (sulfide) groups is 1. The van der Waals surface area contributed by atoms with Crippen LogP contribution in [0.15, 0.2) is 76.6 Å². The van der Waals surface area contributed by atoms with Crippen LogP contribution in [0.1, 0.15) is 49.4 Å². The van der Waals surface area contributed by atoms with Gasteiger partial charge in [-0.3, -0.25) is 14.5 Å². The maximum atomic E-state index is 13.7. The zero-order valence-electron chi connectivity index (χ0n) is 24.0. The Bertz CT molecular complexity index is 1700. The van der Waals surface area contributed by atoms with Crippen molar-refractivity contribution >= 4 is 57.3 Å². The molecule has 0 spiro atoms. The van der Waals surface area contributed by atoms with Crippen LogP contribution in [0.4, 0.5) is 9.52 Å². The summed E-state index contributed by atoms with van der Waals surface area (Å²) in [6.45, 7) is 4.75. The van der Waals surface area contributed by atoms with Gasteiger partial charge in [0.25, 0.3) is 5.78 Å². The molecule has 228 valence electrons. The van der Waals surface area contributed by atoms with E-state index in [-0.39, 0.29) is 16.3 Å². The van der Waals surface area contributed by atoms with Crippen molar-refractivity contribution in [3.05, 3.63) is 99.8 Å². The van der Waals surface area contributed by atoms with E-state index in [4.69, 9.17) is 21.1 Å². The van der Waals surface area contributed by atoms with Crippen LogP contribution in [0.2, 0.25) is 5.02 Å². The molecule has 1 atom stereocenters. The lowest BCUT2D eigenvalue weighted by Gasteiger charge is -2.23. The molecule has 1 N–H and O–H groups in total. The van der Waals surface area contributed by atoms with Gasteiger partial charge in [0.15, 0.2) is 15.8 Å². The molecule has 0 saturated carbocycles. The van der Waals surface area contributed by atoms with Gasteiger partial charge in [-0.2, -0.15) is 0 Å². The summed E-state index contributed by atoms with van der Waals surface area (Å²) < 4.78 is 26.0. The zero-order chi connectivity index (χ0) is 31.2. The number of benzene rings is 3. The van der Waals surface area contributed by atoms with Gasteiger partial charge in [-0.05, 0) is 66.9 Å². The third-order valence-corrected chi connectivity index (χ3v) is 9.29. The van der Waals surface area contributed by atoms with E-state index in [9.17, 15) is 19.1 Å². The Morgan fingerprint density at radius 3 is 2.55 bits per heavy atom. The van der Waals surface area contributed by atoms with Crippen molar-refractivity contribution in [2.75, 3.05) is 18.1 Å². The minimum absolute atomic E-state index is 0.163. The average Bonchev–Trinajstić information content (AvgIpc) is 3.59. The first-order valence-corrected chi connectivity index (χ1v) is 16.2. The van der Waals surface area contributed by atoms with Crippen molar-refractivity contribution in [1.82, 2.24) is 10.2 Å². The molecule has 12 heteroatoms. The summed E-state index contributed by atoms with van der Waals surface area (Å²) in [6.07, 6.45) is 1.82. The van der Waals surface area contributed by atoms with Crippen LogP contribution in [0.5, 0.6) is 11.5 Å². The van der Waals surface area contributed by atoms with Gasteiger partial charge in [-0.15, -0.1) is 10.2 Å². The molecular weight excluding hydrogens is 625 g/mol. The second kappa shape index (κ2) is 14.2. The highest BCUT2D eigenvalue weighted by Crippen LogP contribution is 2.45. The predicted molar refractivity (Wildman–Crippen MR) is 170 cm³/mol. The summed E-state index contributed by atoms with van der Waals surface area (Å²) in [5.41, 5.74) is 1.43. The SMILES string of the molecule is CCCCOc1ccc(C2/C(=C(\O)c3ccc(F)cc3)C(=O)C(=O)N2c2nnc(SCc3ccccc3Cl)s2)cc1OCC. The van der Waals surface area contributed by atoms with Gasteiger partial charge >= 0.3 is 5.91 Å². The second-order valence-electron chi connectivity index (χ2n) is 9.75. The van der Waals surface area contributed by atoms with Gasteiger partial charge in [0.2, 0.25) is 5.13 Å². The molecule has 0 radical (unpaired) electrons. The van der Waals surface area contributed by atoms with Crippen molar-refractivity contribution in [1.29, 1.82) is 0 Å². The number of aliphatic hydroxyl groups is 1. The summed E-state index contributed by atoms with van der Waals surface area (Å²) in [5, 5.41) is 20.7. The number of rotatable bonds is 12. The first kappa shape index (κ1) is 31.5. The summed E-state index contributed by atoms with van der Waals surface area (Å²) in [7, 11) is 0. The molecule has 1 fully saturated rings. The molecule has 0 bridgehead atoms. The van der Waals surface area contributed by atoms with E-state index in [0.29, 0.717) is 45.4 Å². The van der Waals surface area contributed by atoms with Crippen molar-refractivity contribution in [3.63, 3.8) is 0 Å². The van der Waals surface area contributed by atoms with E-state index in [0.717, 1.165) is 29.7 Å². The number of anilines is 1.